The Morgan fingerprint density at radius 1 is 1.19 bits per heavy atom. The first-order valence-electron chi connectivity index (χ1n) is 10.1. The molecular weight excluding hydrogens is 476 g/mol. The molecule has 0 bridgehead atoms. The molecule has 0 spiro atoms. The standard InChI is InChI=1S/C23H27BrN4O4/c1-14(16-7-6-8-17(24)11-16)25-23-18-12-20(30-4)21(13-19(18)26-15(2)27-23)32-10-9-22(29)28(3)31-5/h6-8,11-14H,9-10H2,1-5H3,(H,25,26,27)/t14-/m1/s1. The average Bonchev–Trinajstić information content (AvgIpc) is 2.77. The molecular formula is C23H27BrN4O4. The number of carbonyl (C=O) groups excluding carboxylic acids is 1. The van der Waals surface area contributed by atoms with E-state index >= 15 is 0 Å². The number of amides is 1. The lowest BCUT2D eigenvalue weighted by Gasteiger charge is -2.18. The van der Waals surface area contributed by atoms with Crippen molar-refractivity contribution in [2.75, 3.05) is 33.2 Å². The van der Waals surface area contributed by atoms with Gasteiger partial charge >= 0.3 is 0 Å². The topological polar surface area (TPSA) is 85.8 Å². The maximum atomic E-state index is 11.9. The minimum Gasteiger partial charge on any atom is -0.493 e. The van der Waals surface area contributed by atoms with Gasteiger partial charge in [-0.25, -0.2) is 15.0 Å². The Kier molecular flexibility index (Phi) is 7.87. The summed E-state index contributed by atoms with van der Waals surface area (Å²) in [4.78, 5) is 26.0. The second kappa shape index (κ2) is 10.6. The molecule has 8 nitrogen and oxygen atoms in total. The first-order chi connectivity index (χ1) is 15.3. The van der Waals surface area contributed by atoms with E-state index in [4.69, 9.17) is 14.3 Å². The zero-order chi connectivity index (χ0) is 23.3. The normalized spacial score (nSPS) is 11.8. The van der Waals surface area contributed by atoms with Crippen LogP contribution in [0.2, 0.25) is 0 Å². The molecule has 1 N–H and O–H groups in total. The molecule has 0 aliphatic heterocycles. The van der Waals surface area contributed by atoms with Gasteiger partial charge in [0.25, 0.3) is 0 Å². The SMILES string of the molecule is COc1cc2c(N[C@H](C)c3cccc(Br)c3)nc(C)nc2cc1OCCC(=O)N(C)OC. The fraction of sp³-hybridized carbons (Fsp3) is 0.348. The number of benzene rings is 2. The minimum atomic E-state index is -0.182. The summed E-state index contributed by atoms with van der Waals surface area (Å²) in [7, 11) is 4.57. The molecule has 170 valence electrons. The number of rotatable bonds is 9. The lowest BCUT2D eigenvalue weighted by molar-refractivity contribution is -0.169. The average molecular weight is 503 g/mol. The molecule has 1 aromatic heterocycles. The summed E-state index contributed by atoms with van der Waals surface area (Å²) in [5, 5.41) is 5.47. The summed E-state index contributed by atoms with van der Waals surface area (Å²) in [6, 6.07) is 11.8. The fourth-order valence-corrected chi connectivity index (χ4v) is 3.62. The van der Waals surface area contributed by atoms with Crippen molar-refractivity contribution in [1.29, 1.82) is 0 Å². The molecule has 0 saturated heterocycles. The van der Waals surface area contributed by atoms with Crippen molar-refractivity contribution in [3.05, 3.63) is 52.3 Å². The number of anilines is 1. The van der Waals surface area contributed by atoms with Gasteiger partial charge in [-0.05, 0) is 37.6 Å². The Bertz CT molecular complexity index is 1110. The molecule has 1 heterocycles. The first-order valence-corrected chi connectivity index (χ1v) is 10.9. The Morgan fingerprint density at radius 2 is 1.97 bits per heavy atom. The minimum absolute atomic E-state index is 0.0238. The van der Waals surface area contributed by atoms with Crippen LogP contribution < -0.4 is 14.8 Å². The highest BCUT2D eigenvalue weighted by Crippen LogP contribution is 2.35. The molecule has 0 aliphatic carbocycles. The maximum absolute atomic E-state index is 11.9. The van der Waals surface area contributed by atoms with Crippen molar-refractivity contribution in [1.82, 2.24) is 15.0 Å². The summed E-state index contributed by atoms with van der Waals surface area (Å²) in [5.41, 5.74) is 1.85. The highest BCUT2D eigenvalue weighted by Gasteiger charge is 2.16. The number of ether oxygens (including phenoxy) is 2. The van der Waals surface area contributed by atoms with Crippen molar-refractivity contribution in [2.24, 2.45) is 0 Å². The number of methoxy groups -OCH3 is 1. The fourth-order valence-electron chi connectivity index (χ4n) is 3.21. The van der Waals surface area contributed by atoms with E-state index in [-0.39, 0.29) is 25.0 Å². The zero-order valence-electron chi connectivity index (χ0n) is 18.8. The summed E-state index contributed by atoms with van der Waals surface area (Å²) < 4.78 is 12.4. The summed E-state index contributed by atoms with van der Waals surface area (Å²) in [6.45, 7) is 4.11. The van der Waals surface area contributed by atoms with Crippen LogP contribution in [0.15, 0.2) is 40.9 Å². The molecule has 0 aliphatic rings. The van der Waals surface area contributed by atoms with Crippen LogP contribution in [-0.2, 0) is 9.63 Å². The van der Waals surface area contributed by atoms with Crippen molar-refractivity contribution in [3.8, 4) is 11.5 Å². The zero-order valence-corrected chi connectivity index (χ0v) is 20.4. The van der Waals surface area contributed by atoms with Crippen LogP contribution in [0.4, 0.5) is 5.82 Å². The molecule has 1 atom stereocenters. The third-order valence-electron chi connectivity index (χ3n) is 4.99. The third kappa shape index (κ3) is 5.66. The molecule has 0 unspecified atom stereocenters. The lowest BCUT2D eigenvalue weighted by atomic mass is 10.1. The molecule has 1 amide bonds. The van der Waals surface area contributed by atoms with E-state index < -0.39 is 0 Å². The van der Waals surface area contributed by atoms with Gasteiger partial charge in [-0.15, -0.1) is 0 Å². The Morgan fingerprint density at radius 3 is 2.66 bits per heavy atom. The van der Waals surface area contributed by atoms with E-state index in [0.29, 0.717) is 23.1 Å². The Balaban J connectivity index is 1.87. The van der Waals surface area contributed by atoms with Crippen molar-refractivity contribution < 1.29 is 19.1 Å². The van der Waals surface area contributed by atoms with Crippen LogP contribution in [0.3, 0.4) is 0 Å². The molecule has 32 heavy (non-hydrogen) atoms. The highest BCUT2D eigenvalue weighted by atomic mass is 79.9. The number of fused-ring (bicyclic) bond motifs is 1. The van der Waals surface area contributed by atoms with E-state index in [0.717, 1.165) is 20.9 Å². The number of nitrogens with one attached hydrogen (secondary N) is 1. The van der Waals surface area contributed by atoms with E-state index in [2.05, 4.69) is 50.3 Å². The largest absolute Gasteiger partial charge is 0.493 e. The molecule has 0 radical (unpaired) electrons. The number of aryl methyl sites for hydroxylation is 1. The molecule has 3 rings (SSSR count). The van der Waals surface area contributed by atoms with E-state index in [1.165, 1.54) is 12.2 Å². The van der Waals surface area contributed by atoms with Gasteiger partial charge in [0.2, 0.25) is 5.91 Å². The van der Waals surface area contributed by atoms with Gasteiger partial charge in [0.05, 0.1) is 38.8 Å². The smallest absolute Gasteiger partial charge is 0.249 e. The summed E-state index contributed by atoms with van der Waals surface area (Å²) in [5.74, 6) is 2.21. The molecule has 0 fully saturated rings. The van der Waals surface area contributed by atoms with E-state index in [1.807, 2.05) is 31.2 Å². The van der Waals surface area contributed by atoms with Crippen LogP contribution in [0.1, 0.15) is 30.8 Å². The van der Waals surface area contributed by atoms with Crippen LogP contribution in [-0.4, -0.2) is 48.8 Å². The number of hydroxylamine groups is 2. The van der Waals surface area contributed by atoms with Crippen LogP contribution in [0.5, 0.6) is 11.5 Å². The van der Waals surface area contributed by atoms with Gasteiger partial charge in [-0.3, -0.25) is 9.63 Å². The van der Waals surface area contributed by atoms with Gasteiger partial charge in [0, 0.05) is 23.0 Å². The van der Waals surface area contributed by atoms with Gasteiger partial charge in [-0.2, -0.15) is 0 Å². The molecule has 3 aromatic rings. The number of hydrogen-bond acceptors (Lipinski definition) is 7. The Hall–Kier alpha value is -2.91. The van der Waals surface area contributed by atoms with Crippen LogP contribution in [0, 0.1) is 6.92 Å². The quantitative estimate of drug-likeness (QED) is 0.425. The van der Waals surface area contributed by atoms with Gasteiger partial charge in [-0.1, -0.05) is 28.1 Å². The maximum Gasteiger partial charge on any atom is 0.249 e. The number of halogens is 1. The first kappa shape index (κ1) is 23.7. The Labute approximate surface area is 196 Å². The van der Waals surface area contributed by atoms with Crippen LogP contribution >= 0.6 is 15.9 Å². The van der Waals surface area contributed by atoms with Crippen molar-refractivity contribution >= 4 is 38.6 Å². The van der Waals surface area contributed by atoms with Crippen molar-refractivity contribution in [2.45, 2.75) is 26.3 Å². The molecule has 9 heteroatoms. The van der Waals surface area contributed by atoms with Crippen molar-refractivity contribution in [3.63, 3.8) is 0 Å². The number of nitrogens with zero attached hydrogens (tertiary/aromatic N) is 3. The predicted molar refractivity (Wildman–Crippen MR) is 127 cm³/mol. The predicted octanol–water partition coefficient (Wildman–Crippen LogP) is 4.67. The van der Waals surface area contributed by atoms with E-state index in [1.54, 1.807) is 14.2 Å². The number of carbonyl (C=O) groups is 1. The number of aromatic nitrogens is 2. The lowest BCUT2D eigenvalue weighted by Crippen LogP contribution is -2.26. The van der Waals surface area contributed by atoms with Gasteiger partial charge in [0.15, 0.2) is 11.5 Å². The molecule has 2 aromatic carbocycles. The third-order valence-corrected chi connectivity index (χ3v) is 5.49. The highest BCUT2D eigenvalue weighted by molar-refractivity contribution is 9.10. The van der Waals surface area contributed by atoms with Gasteiger partial charge < -0.3 is 14.8 Å². The number of hydrogen-bond donors (Lipinski definition) is 1. The van der Waals surface area contributed by atoms with E-state index in [9.17, 15) is 4.79 Å². The summed E-state index contributed by atoms with van der Waals surface area (Å²) >= 11 is 3.52. The summed E-state index contributed by atoms with van der Waals surface area (Å²) in [6.07, 6.45) is 0.172. The second-order valence-electron chi connectivity index (χ2n) is 7.23. The monoisotopic (exact) mass is 502 g/mol. The van der Waals surface area contributed by atoms with Crippen LogP contribution in [0.25, 0.3) is 10.9 Å². The second-order valence-corrected chi connectivity index (χ2v) is 8.15. The molecule has 0 saturated carbocycles. The van der Waals surface area contributed by atoms with Gasteiger partial charge in [0.1, 0.15) is 11.6 Å².